The number of alkyl halides is 3. The SMILES string of the molecule is CC(C)CCCC1CCC(C2CCC(C3(OC(F)(F)F)C=CC=C(F)C3)CC2)CC1. The topological polar surface area (TPSA) is 9.23 Å². The van der Waals surface area contributed by atoms with E-state index in [-0.39, 0.29) is 12.3 Å². The Kier molecular flexibility index (Phi) is 8.09. The Hall–Kier alpha value is -0.840. The molecule has 30 heavy (non-hydrogen) atoms. The zero-order valence-corrected chi connectivity index (χ0v) is 18.5. The molecule has 0 heterocycles. The standard InChI is InChI=1S/C25H38F4O/c1-18(2)5-3-6-19-8-10-20(11-9-19)21-12-14-22(15-13-21)24(30-25(27,28)29)16-4-7-23(26)17-24/h4,7,16,18-22H,3,5-6,8-15,17H2,1-2H3. The van der Waals surface area contributed by atoms with Crippen molar-refractivity contribution in [2.75, 3.05) is 0 Å². The Morgan fingerprint density at radius 2 is 1.60 bits per heavy atom. The molecule has 0 radical (unpaired) electrons. The predicted molar refractivity (Wildman–Crippen MR) is 112 cm³/mol. The first-order chi connectivity index (χ1) is 14.2. The fraction of sp³-hybridized carbons (Fsp3) is 0.840. The van der Waals surface area contributed by atoms with Crippen molar-refractivity contribution >= 4 is 0 Å². The van der Waals surface area contributed by atoms with E-state index in [1.54, 1.807) is 0 Å². The summed E-state index contributed by atoms with van der Waals surface area (Å²) in [6.45, 7) is 4.57. The van der Waals surface area contributed by atoms with Crippen LogP contribution in [0.25, 0.3) is 0 Å². The van der Waals surface area contributed by atoms with Gasteiger partial charge in [0.2, 0.25) is 0 Å². The third kappa shape index (κ3) is 6.58. The molecular formula is C25H38F4O. The second-order valence-electron chi connectivity index (χ2n) is 10.4. The van der Waals surface area contributed by atoms with E-state index in [2.05, 4.69) is 18.6 Å². The average molecular weight is 431 g/mol. The lowest BCUT2D eigenvalue weighted by Gasteiger charge is -2.44. The largest absolute Gasteiger partial charge is 0.523 e. The van der Waals surface area contributed by atoms with Gasteiger partial charge in [0.05, 0.1) is 0 Å². The van der Waals surface area contributed by atoms with Crippen molar-refractivity contribution in [1.82, 2.24) is 0 Å². The first kappa shape index (κ1) is 23.8. The maximum atomic E-state index is 13.9. The number of halogens is 4. The second kappa shape index (κ2) is 10.2. The molecule has 3 aliphatic rings. The van der Waals surface area contributed by atoms with Crippen LogP contribution in [0.1, 0.15) is 90.9 Å². The smallest absolute Gasteiger partial charge is 0.280 e. The minimum Gasteiger partial charge on any atom is -0.280 e. The summed E-state index contributed by atoms with van der Waals surface area (Å²) in [5.74, 6) is 2.16. The fourth-order valence-corrected chi connectivity index (χ4v) is 6.19. The molecule has 172 valence electrons. The van der Waals surface area contributed by atoms with Gasteiger partial charge in [0.25, 0.3) is 0 Å². The molecule has 0 spiro atoms. The molecule has 0 aromatic carbocycles. The molecule has 0 saturated heterocycles. The molecule has 2 saturated carbocycles. The van der Waals surface area contributed by atoms with Gasteiger partial charge in [-0.1, -0.05) is 58.1 Å². The van der Waals surface area contributed by atoms with Gasteiger partial charge >= 0.3 is 6.36 Å². The summed E-state index contributed by atoms with van der Waals surface area (Å²) in [7, 11) is 0. The molecule has 3 aliphatic carbocycles. The molecule has 2 fully saturated rings. The Labute approximate surface area is 179 Å². The molecule has 0 aromatic rings. The molecular weight excluding hydrogens is 392 g/mol. The van der Waals surface area contributed by atoms with Crippen LogP contribution in [0, 0.1) is 29.6 Å². The van der Waals surface area contributed by atoms with Crippen molar-refractivity contribution in [3.05, 3.63) is 24.1 Å². The first-order valence-electron chi connectivity index (χ1n) is 12.0. The highest BCUT2D eigenvalue weighted by atomic mass is 19.4. The van der Waals surface area contributed by atoms with Gasteiger partial charge in [0, 0.05) is 6.42 Å². The molecule has 0 aromatic heterocycles. The Balaban J connectivity index is 1.49. The van der Waals surface area contributed by atoms with E-state index in [1.807, 2.05) is 0 Å². The van der Waals surface area contributed by atoms with Gasteiger partial charge in [-0.05, 0) is 74.2 Å². The van der Waals surface area contributed by atoms with Crippen molar-refractivity contribution in [3.8, 4) is 0 Å². The zero-order valence-electron chi connectivity index (χ0n) is 18.5. The van der Waals surface area contributed by atoms with Crippen LogP contribution in [0.4, 0.5) is 17.6 Å². The van der Waals surface area contributed by atoms with Crippen LogP contribution < -0.4 is 0 Å². The van der Waals surface area contributed by atoms with E-state index in [1.165, 1.54) is 63.2 Å². The quantitative estimate of drug-likeness (QED) is 0.368. The van der Waals surface area contributed by atoms with E-state index in [0.29, 0.717) is 24.7 Å². The Bertz CT molecular complexity index is 593. The monoisotopic (exact) mass is 430 g/mol. The number of ether oxygens (including phenoxy) is 1. The summed E-state index contributed by atoms with van der Waals surface area (Å²) < 4.78 is 57.8. The van der Waals surface area contributed by atoms with Crippen LogP contribution in [-0.4, -0.2) is 12.0 Å². The summed E-state index contributed by atoms with van der Waals surface area (Å²) in [5, 5.41) is 0. The van der Waals surface area contributed by atoms with Crippen LogP contribution >= 0.6 is 0 Å². The number of allylic oxidation sites excluding steroid dienone is 2. The molecule has 3 rings (SSSR count). The van der Waals surface area contributed by atoms with Crippen LogP contribution in [0.15, 0.2) is 24.1 Å². The van der Waals surface area contributed by atoms with E-state index in [0.717, 1.165) is 24.7 Å². The minimum absolute atomic E-state index is 0.279. The summed E-state index contributed by atoms with van der Waals surface area (Å²) in [5.41, 5.74) is -1.57. The van der Waals surface area contributed by atoms with Gasteiger partial charge < -0.3 is 0 Å². The van der Waals surface area contributed by atoms with Gasteiger partial charge in [-0.25, -0.2) is 4.39 Å². The Morgan fingerprint density at radius 1 is 1.00 bits per heavy atom. The number of hydrogen-bond donors (Lipinski definition) is 0. The highest BCUT2D eigenvalue weighted by molar-refractivity contribution is 5.24. The summed E-state index contributed by atoms with van der Waals surface area (Å²) in [6, 6.07) is 0. The summed E-state index contributed by atoms with van der Waals surface area (Å²) >= 11 is 0. The van der Waals surface area contributed by atoms with E-state index in [4.69, 9.17) is 0 Å². The summed E-state index contributed by atoms with van der Waals surface area (Å²) in [4.78, 5) is 0. The van der Waals surface area contributed by atoms with Gasteiger partial charge in [0.1, 0.15) is 11.4 Å². The predicted octanol–water partition coefficient (Wildman–Crippen LogP) is 8.51. The lowest BCUT2D eigenvalue weighted by atomic mass is 9.65. The fourth-order valence-electron chi connectivity index (χ4n) is 6.19. The van der Waals surface area contributed by atoms with Crippen LogP contribution in [-0.2, 0) is 4.74 Å². The van der Waals surface area contributed by atoms with Crippen LogP contribution in [0.2, 0.25) is 0 Å². The zero-order chi connectivity index (χ0) is 21.8. The first-order valence-corrected chi connectivity index (χ1v) is 12.0. The third-order valence-corrected chi connectivity index (χ3v) is 7.82. The third-order valence-electron chi connectivity index (χ3n) is 7.82. The van der Waals surface area contributed by atoms with Crippen molar-refractivity contribution in [1.29, 1.82) is 0 Å². The average Bonchev–Trinajstić information content (AvgIpc) is 2.67. The highest BCUT2D eigenvalue weighted by Crippen LogP contribution is 2.49. The lowest BCUT2D eigenvalue weighted by Crippen LogP contribution is -2.46. The lowest BCUT2D eigenvalue weighted by molar-refractivity contribution is -0.367. The van der Waals surface area contributed by atoms with Gasteiger partial charge in [0.15, 0.2) is 0 Å². The maximum Gasteiger partial charge on any atom is 0.523 e. The van der Waals surface area contributed by atoms with E-state index in [9.17, 15) is 17.6 Å². The van der Waals surface area contributed by atoms with E-state index >= 15 is 0 Å². The molecule has 0 bridgehead atoms. The number of hydrogen-bond acceptors (Lipinski definition) is 1. The molecule has 1 atom stereocenters. The van der Waals surface area contributed by atoms with Gasteiger partial charge in [-0.3, -0.25) is 4.74 Å². The summed E-state index contributed by atoms with van der Waals surface area (Å²) in [6.07, 6.45) is 11.4. The molecule has 0 N–H and O–H groups in total. The number of rotatable bonds is 7. The van der Waals surface area contributed by atoms with Crippen molar-refractivity contribution < 1.29 is 22.3 Å². The normalized spacial score (nSPS) is 35.5. The van der Waals surface area contributed by atoms with Crippen molar-refractivity contribution in [2.24, 2.45) is 29.6 Å². The minimum atomic E-state index is -4.76. The van der Waals surface area contributed by atoms with Crippen LogP contribution in [0.5, 0.6) is 0 Å². The molecule has 5 heteroatoms. The molecule has 0 aliphatic heterocycles. The van der Waals surface area contributed by atoms with E-state index < -0.39 is 17.8 Å². The van der Waals surface area contributed by atoms with Crippen molar-refractivity contribution in [2.45, 2.75) is 103 Å². The van der Waals surface area contributed by atoms with Gasteiger partial charge in [-0.15, -0.1) is 13.2 Å². The Morgan fingerprint density at radius 3 is 2.13 bits per heavy atom. The van der Waals surface area contributed by atoms with Crippen molar-refractivity contribution in [3.63, 3.8) is 0 Å². The van der Waals surface area contributed by atoms with Crippen LogP contribution in [0.3, 0.4) is 0 Å². The highest BCUT2D eigenvalue weighted by Gasteiger charge is 2.49. The maximum absolute atomic E-state index is 13.9. The molecule has 0 amide bonds. The molecule has 1 nitrogen and oxygen atoms in total. The second-order valence-corrected chi connectivity index (χ2v) is 10.4. The van der Waals surface area contributed by atoms with Gasteiger partial charge in [-0.2, -0.15) is 0 Å². The molecule has 1 unspecified atom stereocenters.